The quantitative estimate of drug-likeness (QED) is 0.147. The molecule has 3 aromatic carbocycles. The lowest BCUT2D eigenvalue weighted by Crippen LogP contribution is -2.42. The van der Waals surface area contributed by atoms with Crippen LogP contribution in [0.1, 0.15) is 73.9 Å². The first-order chi connectivity index (χ1) is 24.7. The molecule has 0 aliphatic carbocycles. The van der Waals surface area contributed by atoms with E-state index in [0.29, 0.717) is 48.6 Å². The zero-order valence-corrected chi connectivity index (χ0v) is 33.3. The number of fused-ring (bicyclic) bond motifs is 4. The molecule has 0 saturated heterocycles. The van der Waals surface area contributed by atoms with Crippen molar-refractivity contribution in [3.05, 3.63) is 102 Å². The van der Waals surface area contributed by atoms with Crippen LogP contribution in [0.3, 0.4) is 0 Å². The molecule has 0 fully saturated rings. The summed E-state index contributed by atoms with van der Waals surface area (Å²) in [6.07, 6.45) is 2.90. The van der Waals surface area contributed by atoms with Crippen LogP contribution in [-0.4, -0.2) is 53.9 Å². The Kier molecular flexibility index (Phi) is 9.46. The van der Waals surface area contributed by atoms with E-state index in [1.54, 1.807) is 10.8 Å². The second-order valence-corrected chi connectivity index (χ2v) is 15.6. The average molecular weight is 806 g/mol. The first-order valence-electron chi connectivity index (χ1n) is 17.2. The summed E-state index contributed by atoms with van der Waals surface area (Å²) in [5, 5.41) is 17.6. The largest absolute Gasteiger partial charge is 0.494 e. The number of amides is 1. The van der Waals surface area contributed by atoms with Crippen LogP contribution >= 0.6 is 39.1 Å². The fourth-order valence-electron chi connectivity index (χ4n) is 7.97. The van der Waals surface area contributed by atoms with Crippen LogP contribution < -0.4 is 4.74 Å². The van der Waals surface area contributed by atoms with E-state index in [-0.39, 0.29) is 17.5 Å². The maximum atomic E-state index is 14.8. The Balaban J connectivity index is 1.32. The Bertz CT molecular complexity index is 2440. The van der Waals surface area contributed by atoms with Gasteiger partial charge < -0.3 is 23.9 Å². The van der Waals surface area contributed by atoms with Crippen LogP contribution in [0.4, 0.5) is 0 Å². The third-order valence-electron chi connectivity index (χ3n) is 10.3. The lowest BCUT2D eigenvalue weighted by Gasteiger charge is -2.34. The van der Waals surface area contributed by atoms with Gasteiger partial charge in [0.1, 0.15) is 11.4 Å². The highest BCUT2D eigenvalue weighted by atomic mass is 79.9. The van der Waals surface area contributed by atoms with Gasteiger partial charge in [-0.3, -0.25) is 9.48 Å². The van der Waals surface area contributed by atoms with Crippen molar-refractivity contribution in [2.75, 3.05) is 13.2 Å². The summed E-state index contributed by atoms with van der Waals surface area (Å²) in [4.78, 5) is 28.8. The minimum absolute atomic E-state index is 0.0846. The number of nitrogens with zero attached hydrogens (tertiary/aromatic N) is 5. The number of carboxylic acid groups (broad SMARTS) is 1. The number of ether oxygens (including phenoxy) is 1. The van der Waals surface area contributed by atoms with Crippen molar-refractivity contribution in [3.63, 3.8) is 0 Å². The lowest BCUT2D eigenvalue weighted by molar-refractivity contribution is 0.0661. The summed E-state index contributed by atoms with van der Waals surface area (Å²) in [5.41, 5.74) is 10.0. The number of aromatic carboxylic acids is 1. The lowest BCUT2D eigenvalue weighted by atomic mass is 9.98. The minimum Gasteiger partial charge on any atom is -0.494 e. The van der Waals surface area contributed by atoms with Gasteiger partial charge in [0.15, 0.2) is 0 Å². The number of carbonyl (C=O) groups is 2. The van der Waals surface area contributed by atoms with Crippen molar-refractivity contribution in [1.82, 2.24) is 23.8 Å². The first kappa shape index (κ1) is 36.1. The van der Waals surface area contributed by atoms with Crippen LogP contribution in [0.15, 0.2) is 47.1 Å². The predicted molar refractivity (Wildman–Crippen MR) is 210 cm³/mol. The van der Waals surface area contributed by atoms with E-state index >= 15 is 0 Å². The third-order valence-corrected chi connectivity index (χ3v) is 11.9. The molecule has 0 saturated carbocycles. The number of rotatable bonds is 9. The summed E-state index contributed by atoms with van der Waals surface area (Å²) in [5.74, 6) is -0.313. The standard InChI is InChI=1S/C40H40BrCl2N5O4/c1-20-13-26(14-21(2)35(20)43)52-12-8-9-27-28-10-11-32(42)34(33-23(4)44-46(7)24(33)5)37(28)48-22(3)17-47(39(49)38(27)48)18-25-15-29-30(40(50)51)19-45(6)36(29)31(41)16-25/h10-11,13-16,19,22H,8-9,12,17-18H2,1-7H3,(H,50,51)/t22-/m1/s1. The fraction of sp³-hybridized carbons (Fsp3) is 0.325. The number of aryl methyl sites for hydroxylation is 6. The van der Waals surface area contributed by atoms with Gasteiger partial charge in [-0.2, -0.15) is 5.10 Å². The first-order valence-corrected chi connectivity index (χ1v) is 18.8. The van der Waals surface area contributed by atoms with Crippen molar-refractivity contribution in [2.45, 2.75) is 60.0 Å². The molecule has 1 aliphatic rings. The van der Waals surface area contributed by atoms with Crippen molar-refractivity contribution < 1.29 is 19.4 Å². The van der Waals surface area contributed by atoms with Gasteiger partial charge in [0.05, 0.1) is 33.9 Å². The summed E-state index contributed by atoms with van der Waals surface area (Å²) in [7, 11) is 3.75. The summed E-state index contributed by atoms with van der Waals surface area (Å²) >= 11 is 17.1. The van der Waals surface area contributed by atoms with E-state index in [2.05, 4.69) is 27.4 Å². The van der Waals surface area contributed by atoms with E-state index in [0.717, 1.165) is 76.4 Å². The number of hydrogen-bond acceptors (Lipinski definition) is 4. The SMILES string of the molecule is Cc1cc(OCCCc2c3n(c4c(-c5c(C)nn(C)c5C)c(Cl)ccc24)[C@H](C)CN(Cc2cc(Br)c4c(c2)c(C(=O)O)cn4C)C3=O)cc(C)c1Cl. The average Bonchev–Trinajstić information content (AvgIpc) is 3.69. The maximum Gasteiger partial charge on any atom is 0.337 e. The molecule has 0 radical (unpaired) electrons. The molecular formula is C40H40BrCl2N5O4. The van der Waals surface area contributed by atoms with Crippen molar-refractivity contribution in [2.24, 2.45) is 14.1 Å². The third kappa shape index (κ3) is 5.98. The maximum absolute atomic E-state index is 14.8. The monoisotopic (exact) mass is 803 g/mol. The molecule has 12 heteroatoms. The van der Waals surface area contributed by atoms with Crippen molar-refractivity contribution >= 4 is 72.8 Å². The van der Waals surface area contributed by atoms with E-state index in [4.69, 9.17) is 33.0 Å². The zero-order chi connectivity index (χ0) is 37.3. The second-order valence-electron chi connectivity index (χ2n) is 14.0. The van der Waals surface area contributed by atoms with Crippen LogP contribution in [0, 0.1) is 27.7 Å². The molecule has 0 spiro atoms. The molecule has 1 atom stereocenters. The van der Waals surface area contributed by atoms with Crippen LogP contribution in [0.25, 0.3) is 32.9 Å². The molecule has 270 valence electrons. The minimum atomic E-state index is -0.995. The van der Waals surface area contributed by atoms with E-state index in [9.17, 15) is 14.7 Å². The Morgan fingerprint density at radius 2 is 1.73 bits per heavy atom. The summed E-state index contributed by atoms with van der Waals surface area (Å²) in [6.45, 7) is 11.3. The highest BCUT2D eigenvalue weighted by molar-refractivity contribution is 9.10. The van der Waals surface area contributed by atoms with E-state index < -0.39 is 5.97 Å². The normalized spacial score (nSPS) is 14.5. The number of hydrogen-bond donors (Lipinski definition) is 1. The molecule has 1 amide bonds. The second kappa shape index (κ2) is 13.6. The van der Waals surface area contributed by atoms with Crippen molar-refractivity contribution in [1.29, 1.82) is 0 Å². The summed E-state index contributed by atoms with van der Waals surface area (Å²) < 4.78 is 12.8. The van der Waals surface area contributed by atoms with Gasteiger partial charge in [-0.15, -0.1) is 0 Å². The molecule has 7 rings (SSSR count). The molecule has 1 aliphatic heterocycles. The molecule has 1 N–H and O–H groups in total. The highest BCUT2D eigenvalue weighted by Gasteiger charge is 2.36. The Labute approximate surface area is 320 Å². The smallest absolute Gasteiger partial charge is 0.337 e. The number of benzene rings is 3. The number of aromatic nitrogens is 4. The highest BCUT2D eigenvalue weighted by Crippen LogP contribution is 2.45. The van der Waals surface area contributed by atoms with Gasteiger partial charge in [0, 0.05) is 76.5 Å². The number of carboxylic acids is 1. The molecule has 4 heterocycles. The molecule has 3 aromatic heterocycles. The van der Waals surface area contributed by atoms with Crippen molar-refractivity contribution in [3.8, 4) is 16.9 Å². The molecule has 52 heavy (non-hydrogen) atoms. The number of carbonyl (C=O) groups excluding carboxylic acids is 1. The van der Waals surface area contributed by atoms with Gasteiger partial charge in [-0.25, -0.2) is 4.79 Å². The molecular weight excluding hydrogens is 765 g/mol. The topological polar surface area (TPSA) is 94.5 Å². The summed E-state index contributed by atoms with van der Waals surface area (Å²) in [6, 6.07) is 11.6. The van der Waals surface area contributed by atoms with Gasteiger partial charge in [-0.05, 0) is 116 Å². The molecule has 9 nitrogen and oxygen atoms in total. The van der Waals surface area contributed by atoms with Crippen LogP contribution in [0.2, 0.25) is 10.0 Å². The molecule has 0 unspecified atom stereocenters. The Hall–Kier alpha value is -4.25. The Morgan fingerprint density at radius 3 is 2.38 bits per heavy atom. The fourth-order valence-corrected chi connectivity index (χ4v) is 9.11. The van der Waals surface area contributed by atoms with E-state index in [1.165, 1.54) is 0 Å². The molecule has 0 bridgehead atoms. The number of halogens is 3. The van der Waals surface area contributed by atoms with Gasteiger partial charge in [0.25, 0.3) is 5.91 Å². The van der Waals surface area contributed by atoms with Crippen LogP contribution in [0.5, 0.6) is 5.75 Å². The Morgan fingerprint density at radius 1 is 1.02 bits per heavy atom. The predicted octanol–water partition coefficient (Wildman–Crippen LogP) is 9.76. The molecule has 6 aromatic rings. The van der Waals surface area contributed by atoms with Gasteiger partial charge in [-0.1, -0.05) is 29.3 Å². The van der Waals surface area contributed by atoms with Crippen LogP contribution in [-0.2, 0) is 27.1 Å². The zero-order valence-electron chi connectivity index (χ0n) is 30.2. The van der Waals surface area contributed by atoms with Gasteiger partial charge >= 0.3 is 5.97 Å². The van der Waals surface area contributed by atoms with E-state index in [1.807, 2.05) is 87.8 Å². The van der Waals surface area contributed by atoms with Gasteiger partial charge in [0.2, 0.25) is 0 Å².